The number of ether oxygens (including phenoxy) is 1. The number of aryl methyl sites for hydroxylation is 2. The predicted octanol–water partition coefficient (Wildman–Crippen LogP) is 2.53. The van der Waals surface area contributed by atoms with Crippen molar-refractivity contribution in [3.8, 4) is 0 Å². The molecule has 0 aliphatic heterocycles. The minimum Gasteiger partial charge on any atom is -0.465 e. The fraction of sp³-hybridized carbons (Fsp3) is 0.733. The van der Waals surface area contributed by atoms with E-state index >= 15 is 0 Å². The van der Waals surface area contributed by atoms with Gasteiger partial charge in [-0.25, -0.2) is 0 Å². The number of aromatic nitrogens is 2. The first-order valence-electron chi connectivity index (χ1n) is 7.48. The maximum Gasteiger partial charge on any atom is 0.326 e. The Labute approximate surface area is 131 Å². The summed E-state index contributed by atoms with van der Waals surface area (Å²) in [4.78, 5) is 12.1. The van der Waals surface area contributed by atoms with E-state index in [0.29, 0.717) is 6.61 Å². The van der Waals surface area contributed by atoms with Crippen LogP contribution in [-0.4, -0.2) is 40.2 Å². The quantitative estimate of drug-likeness (QED) is 0.431. The van der Waals surface area contributed by atoms with Gasteiger partial charge in [-0.15, -0.1) is 11.8 Å². The topological polar surface area (TPSA) is 56.2 Å². The molecule has 0 fully saturated rings. The Balaban J connectivity index is 2.46. The summed E-state index contributed by atoms with van der Waals surface area (Å²) >= 11 is 1.77. The predicted molar refractivity (Wildman–Crippen MR) is 86.6 cm³/mol. The molecule has 0 amide bonds. The second kappa shape index (κ2) is 8.44. The minimum absolute atomic E-state index is 0.159. The van der Waals surface area contributed by atoms with Crippen LogP contribution in [0.5, 0.6) is 0 Å². The number of carbonyl (C=O) groups is 1. The van der Waals surface area contributed by atoms with E-state index in [4.69, 9.17) is 4.74 Å². The van der Waals surface area contributed by atoms with Crippen LogP contribution < -0.4 is 5.32 Å². The molecule has 1 unspecified atom stereocenters. The van der Waals surface area contributed by atoms with Gasteiger partial charge in [0.15, 0.2) is 0 Å². The first-order valence-corrected chi connectivity index (χ1v) is 8.47. The Bertz CT molecular complexity index is 462. The molecular formula is C15H27N3O2S. The van der Waals surface area contributed by atoms with Crippen LogP contribution in [0.15, 0.2) is 11.1 Å². The van der Waals surface area contributed by atoms with Gasteiger partial charge >= 0.3 is 5.97 Å². The van der Waals surface area contributed by atoms with Crippen LogP contribution in [0.2, 0.25) is 0 Å². The molecule has 21 heavy (non-hydrogen) atoms. The van der Waals surface area contributed by atoms with Gasteiger partial charge in [0.25, 0.3) is 0 Å². The van der Waals surface area contributed by atoms with E-state index in [0.717, 1.165) is 35.9 Å². The van der Waals surface area contributed by atoms with Crippen LogP contribution in [0.3, 0.4) is 0 Å². The van der Waals surface area contributed by atoms with E-state index in [1.165, 1.54) is 0 Å². The lowest BCUT2D eigenvalue weighted by atomic mass is 9.96. The number of nitrogens with zero attached hydrogens (tertiary/aromatic N) is 2. The highest BCUT2D eigenvalue weighted by Gasteiger charge is 2.33. The van der Waals surface area contributed by atoms with Crippen molar-refractivity contribution in [2.75, 3.05) is 18.9 Å². The average molecular weight is 313 g/mol. The van der Waals surface area contributed by atoms with Crippen molar-refractivity contribution in [1.29, 1.82) is 0 Å². The summed E-state index contributed by atoms with van der Waals surface area (Å²) in [7, 11) is 1.96. The molecule has 1 rings (SSSR count). The monoisotopic (exact) mass is 313 g/mol. The van der Waals surface area contributed by atoms with Crippen LogP contribution in [0, 0.1) is 6.92 Å². The lowest BCUT2D eigenvalue weighted by molar-refractivity contribution is -0.150. The second-order valence-corrected chi connectivity index (χ2v) is 6.40. The molecule has 120 valence electrons. The third-order valence-corrected chi connectivity index (χ3v) is 4.49. The molecule has 0 saturated heterocycles. The van der Waals surface area contributed by atoms with Gasteiger partial charge < -0.3 is 10.1 Å². The molecular weight excluding hydrogens is 286 g/mol. The summed E-state index contributed by atoms with van der Waals surface area (Å²) in [5.41, 5.74) is 0.442. The van der Waals surface area contributed by atoms with Gasteiger partial charge in [0, 0.05) is 7.05 Å². The van der Waals surface area contributed by atoms with Gasteiger partial charge in [-0.1, -0.05) is 6.92 Å². The van der Waals surface area contributed by atoms with Gasteiger partial charge in [-0.05, 0) is 52.0 Å². The van der Waals surface area contributed by atoms with Crippen LogP contribution >= 0.6 is 11.8 Å². The zero-order valence-electron chi connectivity index (χ0n) is 13.7. The summed E-state index contributed by atoms with van der Waals surface area (Å²) in [5, 5.41) is 8.75. The van der Waals surface area contributed by atoms with Crippen LogP contribution in [0.4, 0.5) is 0 Å². The Hall–Kier alpha value is -1.01. The van der Waals surface area contributed by atoms with E-state index < -0.39 is 5.54 Å². The zero-order chi connectivity index (χ0) is 15.9. The Morgan fingerprint density at radius 2 is 2.24 bits per heavy atom. The van der Waals surface area contributed by atoms with Crippen molar-refractivity contribution in [3.63, 3.8) is 0 Å². The van der Waals surface area contributed by atoms with E-state index in [-0.39, 0.29) is 5.97 Å². The van der Waals surface area contributed by atoms with Crippen molar-refractivity contribution in [2.24, 2.45) is 7.05 Å². The molecule has 0 aliphatic rings. The number of nitrogens with one attached hydrogen (secondary N) is 1. The van der Waals surface area contributed by atoms with Gasteiger partial charge in [-0.2, -0.15) is 5.10 Å². The molecule has 1 N–H and O–H groups in total. The Morgan fingerprint density at radius 3 is 2.76 bits per heavy atom. The molecule has 0 spiro atoms. The largest absolute Gasteiger partial charge is 0.465 e. The van der Waals surface area contributed by atoms with E-state index in [1.54, 1.807) is 11.8 Å². The van der Waals surface area contributed by atoms with E-state index in [2.05, 4.69) is 16.5 Å². The summed E-state index contributed by atoms with van der Waals surface area (Å²) < 4.78 is 7.07. The molecule has 0 saturated carbocycles. The number of carbonyl (C=O) groups excluding carboxylic acids is 1. The summed E-state index contributed by atoms with van der Waals surface area (Å²) in [6.07, 6.45) is 1.71. The number of esters is 1. The van der Waals surface area contributed by atoms with Crippen LogP contribution in [0.1, 0.15) is 39.3 Å². The zero-order valence-corrected chi connectivity index (χ0v) is 14.5. The van der Waals surface area contributed by atoms with E-state index in [1.807, 2.05) is 39.4 Å². The van der Waals surface area contributed by atoms with Gasteiger partial charge in [0.2, 0.25) is 0 Å². The molecule has 0 radical (unpaired) electrons. The molecule has 1 atom stereocenters. The highest BCUT2D eigenvalue weighted by molar-refractivity contribution is 7.99. The van der Waals surface area contributed by atoms with Crippen molar-refractivity contribution < 1.29 is 9.53 Å². The molecule has 0 aromatic carbocycles. The third-order valence-electron chi connectivity index (χ3n) is 3.32. The maximum atomic E-state index is 12.1. The number of hydrogen-bond donors (Lipinski definition) is 1. The van der Waals surface area contributed by atoms with Gasteiger partial charge in [0.1, 0.15) is 5.54 Å². The lowest BCUT2D eigenvalue weighted by Crippen LogP contribution is -2.50. The van der Waals surface area contributed by atoms with Gasteiger partial charge in [0.05, 0.1) is 17.3 Å². The number of likely N-dealkylation sites (N-methyl/N-ethyl adjacent to an activating group) is 1. The number of thioether (sulfide) groups is 1. The van der Waals surface area contributed by atoms with E-state index in [9.17, 15) is 4.79 Å². The van der Waals surface area contributed by atoms with Crippen molar-refractivity contribution >= 4 is 17.7 Å². The van der Waals surface area contributed by atoms with Gasteiger partial charge in [-0.3, -0.25) is 9.48 Å². The minimum atomic E-state index is -0.590. The Morgan fingerprint density at radius 1 is 1.52 bits per heavy atom. The maximum absolute atomic E-state index is 12.1. The summed E-state index contributed by atoms with van der Waals surface area (Å²) in [5.74, 6) is 0.799. The standard InChI is InChI=1S/C15H27N3O2S/c1-6-16-15(4,14(19)20-7-2)9-8-10-21-13-11-12(3)17-18(13)5/h11,16H,6-10H2,1-5H3. The molecule has 0 aliphatic carbocycles. The number of rotatable bonds is 9. The molecule has 5 nitrogen and oxygen atoms in total. The van der Waals surface area contributed by atoms with Crippen molar-refractivity contribution in [3.05, 3.63) is 11.8 Å². The first kappa shape index (κ1) is 18.0. The number of hydrogen-bond acceptors (Lipinski definition) is 5. The first-order chi connectivity index (χ1) is 9.92. The molecule has 0 bridgehead atoms. The smallest absolute Gasteiger partial charge is 0.326 e. The fourth-order valence-corrected chi connectivity index (χ4v) is 3.25. The molecule has 6 heteroatoms. The SMILES string of the molecule is CCNC(C)(CCCSc1cc(C)nn1C)C(=O)OCC. The molecule has 1 aromatic rings. The lowest BCUT2D eigenvalue weighted by Gasteiger charge is -2.28. The normalized spacial score (nSPS) is 14.0. The van der Waals surface area contributed by atoms with Crippen molar-refractivity contribution in [1.82, 2.24) is 15.1 Å². The van der Waals surface area contributed by atoms with Crippen molar-refractivity contribution in [2.45, 2.75) is 51.1 Å². The average Bonchev–Trinajstić information content (AvgIpc) is 2.74. The Kier molecular flexibility index (Phi) is 7.25. The molecule has 1 aromatic heterocycles. The molecule has 1 heterocycles. The fourth-order valence-electron chi connectivity index (χ4n) is 2.27. The third kappa shape index (κ3) is 5.36. The summed E-state index contributed by atoms with van der Waals surface area (Å²) in [6.45, 7) is 8.93. The highest BCUT2D eigenvalue weighted by Crippen LogP contribution is 2.22. The van der Waals surface area contributed by atoms with Crippen LogP contribution in [-0.2, 0) is 16.6 Å². The second-order valence-electron chi connectivity index (χ2n) is 5.28. The highest BCUT2D eigenvalue weighted by atomic mass is 32.2. The van der Waals surface area contributed by atoms with Crippen LogP contribution in [0.25, 0.3) is 0 Å². The summed E-state index contributed by atoms with van der Waals surface area (Å²) in [6, 6.07) is 2.08.